The Balaban J connectivity index is 1.92. The minimum absolute atomic E-state index is 0.137. The maximum absolute atomic E-state index is 10.5. The van der Waals surface area contributed by atoms with Gasteiger partial charge in [-0.15, -0.1) is 0 Å². The predicted octanol–water partition coefficient (Wildman–Crippen LogP) is 0.134. The van der Waals surface area contributed by atoms with Crippen molar-refractivity contribution >= 4 is 5.69 Å². The van der Waals surface area contributed by atoms with Crippen LogP contribution in [0, 0.1) is 10.1 Å². The average molecular weight is 237 g/mol. The van der Waals surface area contributed by atoms with Crippen LogP contribution in [-0.2, 0) is 6.54 Å². The Hall–Kier alpha value is -1.46. The molecule has 0 aliphatic carbocycles. The lowest BCUT2D eigenvalue weighted by atomic mass is 10.1. The number of nitro groups is 1. The Kier molecular flexibility index (Phi) is 3.71. The highest BCUT2D eigenvalue weighted by atomic mass is 16.6. The van der Waals surface area contributed by atoms with Crippen molar-refractivity contribution in [3.05, 3.63) is 39.9 Å². The molecule has 1 saturated heterocycles. The van der Waals surface area contributed by atoms with Gasteiger partial charge < -0.3 is 10.0 Å². The number of hydrogen-bond donors (Lipinski definition) is 2. The maximum atomic E-state index is 10.5. The van der Waals surface area contributed by atoms with Crippen LogP contribution in [0.25, 0.3) is 0 Å². The van der Waals surface area contributed by atoms with E-state index in [9.17, 15) is 15.2 Å². The number of hydrogen-bond acceptors (Lipinski definition) is 3. The number of rotatable bonds is 3. The molecular formula is C12H17N2O3+. The van der Waals surface area contributed by atoms with E-state index in [2.05, 4.69) is 0 Å². The summed E-state index contributed by atoms with van der Waals surface area (Å²) in [6.07, 6.45) is 1.56. The third-order valence-corrected chi connectivity index (χ3v) is 3.26. The van der Waals surface area contributed by atoms with Crippen LogP contribution >= 0.6 is 0 Å². The number of benzene rings is 1. The quantitative estimate of drug-likeness (QED) is 0.580. The molecule has 92 valence electrons. The van der Waals surface area contributed by atoms with Gasteiger partial charge in [-0.05, 0) is 12.1 Å². The number of nitro benzene ring substituents is 1. The smallest absolute Gasteiger partial charge is 0.269 e. The van der Waals surface area contributed by atoms with Gasteiger partial charge >= 0.3 is 0 Å². The van der Waals surface area contributed by atoms with Gasteiger partial charge in [0.05, 0.1) is 24.1 Å². The van der Waals surface area contributed by atoms with Gasteiger partial charge in [-0.3, -0.25) is 10.1 Å². The van der Waals surface area contributed by atoms with Crippen molar-refractivity contribution in [3.63, 3.8) is 0 Å². The molecule has 2 N–H and O–H groups in total. The van der Waals surface area contributed by atoms with Gasteiger partial charge in [0.2, 0.25) is 0 Å². The van der Waals surface area contributed by atoms with Gasteiger partial charge in [-0.2, -0.15) is 0 Å². The first-order chi connectivity index (χ1) is 8.15. The monoisotopic (exact) mass is 237 g/mol. The van der Waals surface area contributed by atoms with Crippen molar-refractivity contribution in [2.75, 3.05) is 13.1 Å². The molecule has 1 fully saturated rings. The number of quaternary nitrogens is 1. The summed E-state index contributed by atoms with van der Waals surface area (Å²) < 4.78 is 0. The van der Waals surface area contributed by atoms with Crippen molar-refractivity contribution in [2.45, 2.75) is 25.5 Å². The number of likely N-dealkylation sites (tertiary alicyclic amines) is 1. The van der Waals surface area contributed by atoms with Crippen molar-refractivity contribution in [3.8, 4) is 0 Å². The van der Waals surface area contributed by atoms with Crippen molar-refractivity contribution in [2.24, 2.45) is 0 Å². The molecule has 1 aliphatic rings. The lowest BCUT2D eigenvalue weighted by Gasteiger charge is -2.26. The predicted molar refractivity (Wildman–Crippen MR) is 62.7 cm³/mol. The van der Waals surface area contributed by atoms with Crippen LogP contribution in [0.3, 0.4) is 0 Å². The van der Waals surface area contributed by atoms with E-state index in [0.717, 1.165) is 38.0 Å². The Labute approximate surface area is 99.8 Å². The fraction of sp³-hybridized carbons (Fsp3) is 0.500. The zero-order valence-electron chi connectivity index (χ0n) is 9.63. The highest BCUT2D eigenvalue weighted by molar-refractivity contribution is 5.32. The van der Waals surface area contributed by atoms with Crippen molar-refractivity contribution in [1.82, 2.24) is 0 Å². The lowest BCUT2D eigenvalue weighted by Crippen LogP contribution is -3.12. The molecule has 0 saturated carbocycles. The van der Waals surface area contributed by atoms with E-state index in [1.54, 1.807) is 12.1 Å². The van der Waals surface area contributed by atoms with Gasteiger partial charge in [-0.25, -0.2) is 0 Å². The first-order valence-electron chi connectivity index (χ1n) is 5.90. The van der Waals surface area contributed by atoms with Gasteiger partial charge in [0, 0.05) is 30.5 Å². The Morgan fingerprint density at radius 1 is 1.29 bits per heavy atom. The fourth-order valence-electron chi connectivity index (χ4n) is 2.21. The lowest BCUT2D eigenvalue weighted by molar-refractivity contribution is -0.919. The highest BCUT2D eigenvalue weighted by Gasteiger charge is 2.20. The van der Waals surface area contributed by atoms with E-state index in [0.29, 0.717) is 0 Å². The topological polar surface area (TPSA) is 67.8 Å². The molecular weight excluding hydrogens is 220 g/mol. The van der Waals surface area contributed by atoms with Gasteiger partial charge in [0.1, 0.15) is 6.54 Å². The molecule has 1 aromatic rings. The van der Waals surface area contributed by atoms with Gasteiger partial charge in [-0.1, -0.05) is 0 Å². The van der Waals surface area contributed by atoms with E-state index >= 15 is 0 Å². The second kappa shape index (κ2) is 5.25. The SMILES string of the molecule is O=[N+]([O-])c1ccc(C[NH+]2CCC(O)CC2)cc1. The second-order valence-electron chi connectivity index (χ2n) is 4.58. The Bertz CT molecular complexity index is 383. The van der Waals surface area contributed by atoms with Gasteiger partial charge in [0.25, 0.3) is 5.69 Å². The maximum Gasteiger partial charge on any atom is 0.269 e. The molecule has 0 aromatic heterocycles. The summed E-state index contributed by atoms with van der Waals surface area (Å²) in [5.74, 6) is 0. The zero-order valence-corrected chi connectivity index (χ0v) is 9.63. The molecule has 5 nitrogen and oxygen atoms in total. The molecule has 1 heterocycles. The number of non-ortho nitro benzene ring substituents is 1. The van der Waals surface area contributed by atoms with E-state index < -0.39 is 0 Å². The molecule has 0 bridgehead atoms. The molecule has 0 radical (unpaired) electrons. The molecule has 1 aliphatic heterocycles. The summed E-state index contributed by atoms with van der Waals surface area (Å²) >= 11 is 0. The molecule has 0 unspecified atom stereocenters. The summed E-state index contributed by atoms with van der Waals surface area (Å²) in [6, 6.07) is 6.73. The van der Waals surface area contributed by atoms with E-state index in [1.807, 2.05) is 12.1 Å². The van der Waals surface area contributed by atoms with Gasteiger partial charge in [0.15, 0.2) is 0 Å². The molecule has 1 aromatic carbocycles. The first kappa shape index (κ1) is 12.0. The van der Waals surface area contributed by atoms with Crippen LogP contribution in [0.4, 0.5) is 5.69 Å². The number of nitrogens with zero attached hydrogens (tertiary/aromatic N) is 1. The van der Waals surface area contributed by atoms with Crippen molar-refractivity contribution < 1.29 is 14.9 Å². The molecule has 0 atom stereocenters. The van der Waals surface area contributed by atoms with E-state index in [4.69, 9.17) is 0 Å². The number of aliphatic hydroxyl groups excluding tert-OH is 1. The van der Waals surface area contributed by atoms with Crippen molar-refractivity contribution in [1.29, 1.82) is 0 Å². The fourth-order valence-corrected chi connectivity index (χ4v) is 2.21. The summed E-state index contributed by atoms with van der Waals surface area (Å²) in [7, 11) is 0. The number of aliphatic hydroxyl groups is 1. The number of piperidine rings is 1. The van der Waals surface area contributed by atoms with Crippen LogP contribution in [0.15, 0.2) is 24.3 Å². The highest BCUT2D eigenvalue weighted by Crippen LogP contribution is 2.11. The summed E-state index contributed by atoms with van der Waals surface area (Å²) in [6.45, 7) is 2.82. The first-order valence-corrected chi connectivity index (χ1v) is 5.90. The third-order valence-electron chi connectivity index (χ3n) is 3.26. The minimum atomic E-state index is -0.381. The summed E-state index contributed by atoms with van der Waals surface area (Å²) in [4.78, 5) is 11.6. The number of nitrogens with one attached hydrogen (secondary N) is 1. The van der Waals surface area contributed by atoms with E-state index in [1.165, 1.54) is 4.90 Å². The molecule has 17 heavy (non-hydrogen) atoms. The average Bonchev–Trinajstić information content (AvgIpc) is 2.33. The van der Waals surface area contributed by atoms with Crippen LogP contribution in [0.1, 0.15) is 18.4 Å². The Morgan fingerprint density at radius 3 is 2.41 bits per heavy atom. The summed E-state index contributed by atoms with van der Waals surface area (Å²) in [5.41, 5.74) is 1.25. The molecule has 0 spiro atoms. The van der Waals surface area contributed by atoms with Crippen LogP contribution in [0.2, 0.25) is 0 Å². The van der Waals surface area contributed by atoms with E-state index in [-0.39, 0.29) is 16.7 Å². The van der Waals surface area contributed by atoms with Crippen LogP contribution in [-0.4, -0.2) is 29.2 Å². The van der Waals surface area contributed by atoms with Crippen LogP contribution in [0.5, 0.6) is 0 Å². The van der Waals surface area contributed by atoms with Crippen LogP contribution < -0.4 is 4.90 Å². The molecule has 5 heteroatoms. The normalized spacial score (nSPS) is 24.5. The largest absolute Gasteiger partial charge is 0.393 e. The molecule has 0 amide bonds. The second-order valence-corrected chi connectivity index (χ2v) is 4.58. The standard InChI is InChI=1S/C12H16N2O3/c15-12-5-7-13(8-6-12)9-10-1-3-11(4-2-10)14(16)17/h1-4,12,15H,5-9H2/p+1. The minimum Gasteiger partial charge on any atom is -0.393 e. The zero-order chi connectivity index (χ0) is 12.3. The summed E-state index contributed by atoms with van der Waals surface area (Å²) in [5, 5.41) is 19.9. The Morgan fingerprint density at radius 2 is 1.88 bits per heavy atom. The molecule has 2 rings (SSSR count). The third kappa shape index (κ3) is 3.25.